The van der Waals surface area contributed by atoms with Gasteiger partial charge in [0.05, 0.1) is 16.8 Å². The van der Waals surface area contributed by atoms with E-state index >= 15 is 0 Å². The van der Waals surface area contributed by atoms with Crippen molar-refractivity contribution in [3.63, 3.8) is 0 Å². The van der Waals surface area contributed by atoms with E-state index in [1.165, 1.54) is 11.3 Å². The molecule has 2 N–H and O–H groups in total. The molecule has 6 heteroatoms. The smallest absolute Gasteiger partial charge is 0.240 e. The van der Waals surface area contributed by atoms with Crippen molar-refractivity contribution in [3.05, 3.63) is 24.3 Å². The predicted octanol–water partition coefficient (Wildman–Crippen LogP) is 1.92. The second kappa shape index (κ2) is 6.51. The maximum Gasteiger partial charge on any atom is 0.240 e. The van der Waals surface area contributed by atoms with Crippen LogP contribution in [0.1, 0.15) is 12.8 Å². The van der Waals surface area contributed by atoms with E-state index < -0.39 is 0 Å². The molecule has 1 aromatic carbocycles. The lowest BCUT2D eigenvalue weighted by molar-refractivity contribution is -0.117. The molecule has 1 fully saturated rings. The van der Waals surface area contributed by atoms with Gasteiger partial charge in [0.15, 0.2) is 5.13 Å². The van der Waals surface area contributed by atoms with Crippen LogP contribution in [0.4, 0.5) is 5.13 Å². The van der Waals surface area contributed by atoms with Crippen LogP contribution in [0.3, 0.4) is 0 Å². The number of nitrogens with zero attached hydrogens (tertiary/aromatic N) is 2. The van der Waals surface area contributed by atoms with Gasteiger partial charge in [0.1, 0.15) is 0 Å². The van der Waals surface area contributed by atoms with Gasteiger partial charge >= 0.3 is 0 Å². The highest BCUT2D eigenvalue weighted by Crippen LogP contribution is 2.25. The van der Waals surface area contributed by atoms with Crippen LogP contribution in [-0.2, 0) is 4.79 Å². The molecule has 1 aromatic heterocycles. The summed E-state index contributed by atoms with van der Waals surface area (Å²) in [5, 5.41) is 6.94. The van der Waals surface area contributed by atoms with Crippen molar-refractivity contribution >= 4 is 32.6 Å². The predicted molar refractivity (Wildman–Crippen MR) is 86.8 cm³/mol. The summed E-state index contributed by atoms with van der Waals surface area (Å²) in [6, 6.07) is 8.41. The molecule has 1 aliphatic rings. The Balaban J connectivity index is 1.58. The topological polar surface area (TPSA) is 57.3 Å². The minimum atomic E-state index is 0.00934. The molecule has 1 saturated heterocycles. The van der Waals surface area contributed by atoms with E-state index in [1.807, 2.05) is 31.3 Å². The average molecular weight is 304 g/mol. The molecule has 0 unspecified atom stereocenters. The number of rotatable bonds is 4. The Labute approximate surface area is 128 Å². The molecule has 112 valence electrons. The number of carbonyl (C=O) groups excluding carboxylic acids is 1. The van der Waals surface area contributed by atoms with Crippen LogP contribution in [0, 0.1) is 0 Å². The summed E-state index contributed by atoms with van der Waals surface area (Å²) in [6.45, 7) is 2.49. The zero-order valence-electron chi connectivity index (χ0n) is 12.1. The zero-order chi connectivity index (χ0) is 14.7. The highest BCUT2D eigenvalue weighted by Gasteiger charge is 2.20. The molecule has 2 heterocycles. The number of piperidine rings is 1. The Morgan fingerprint density at radius 1 is 1.43 bits per heavy atom. The largest absolute Gasteiger partial charge is 0.317 e. The Bertz CT molecular complexity index is 588. The number of amides is 1. The summed E-state index contributed by atoms with van der Waals surface area (Å²) in [6.07, 6.45) is 2.20. The van der Waals surface area contributed by atoms with Crippen molar-refractivity contribution < 1.29 is 4.79 Å². The third kappa shape index (κ3) is 3.58. The monoisotopic (exact) mass is 304 g/mol. The van der Waals surface area contributed by atoms with Crippen molar-refractivity contribution in [3.8, 4) is 0 Å². The minimum absolute atomic E-state index is 0.00934. The second-order valence-corrected chi connectivity index (χ2v) is 6.46. The molecule has 5 nitrogen and oxygen atoms in total. The first-order chi connectivity index (χ1) is 10.2. The third-order valence-electron chi connectivity index (χ3n) is 3.87. The van der Waals surface area contributed by atoms with Crippen molar-refractivity contribution in [1.29, 1.82) is 0 Å². The Morgan fingerprint density at radius 3 is 2.95 bits per heavy atom. The van der Waals surface area contributed by atoms with E-state index in [0.717, 1.165) is 36.1 Å². The number of fused-ring (bicyclic) bond motifs is 1. The maximum absolute atomic E-state index is 12.1. The summed E-state index contributed by atoms with van der Waals surface area (Å²) >= 11 is 1.52. The van der Waals surface area contributed by atoms with Gasteiger partial charge in [-0.3, -0.25) is 9.69 Å². The lowest BCUT2D eigenvalue weighted by Crippen LogP contribution is -2.44. The van der Waals surface area contributed by atoms with Crippen molar-refractivity contribution in [2.24, 2.45) is 0 Å². The third-order valence-corrected chi connectivity index (χ3v) is 4.82. The fraction of sp³-hybridized carbons (Fsp3) is 0.467. The number of likely N-dealkylation sites (N-methyl/N-ethyl adjacent to an activating group) is 1. The number of para-hydroxylation sites is 1. The van der Waals surface area contributed by atoms with Crippen LogP contribution in [0.2, 0.25) is 0 Å². The molecule has 3 rings (SSSR count). The number of hydrogen-bond donors (Lipinski definition) is 2. The molecule has 0 radical (unpaired) electrons. The molecule has 0 atom stereocenters. The number of carbonyl (C=O) groups is 1. The van der Waals surface area contributed by atoms with E-state index in [1.54, 1.807) is 0 Å². The number of hydrogen-bond acceptors (Lipinski definition) is 5. The first-order valence-corrected chi connectivity index (χ1v) is 8.10. The number of anilines is 1. The van der Waals surface area contributed by atoms with E-state index in [4.69, 9.17) is 0 Å². The van der Waals surface area contributed by atoms with E-state index in [-0.39, 0.29) is 5.91 Å². The van der Waals surface area contributed by atoms with Crippen LogP contribution in [0.5, 0.6) is 0 Å². The number of aromatic nitrogens is 1. The molecular weight excluding hydrogens is 284 g/mol. The number of benzene rings is 1. The van der Waals surface area contributed by atoms with Gasteiger partial charge in [0.2, 0.25) is 5.91 Å². The summed E-state index contributed by atoms with van der Waals surface area (Å²) in [4.78, 5) is 18.7. The highest BCUT2D eigenvalue weighted by molar-refractivity contribution is 7.22. The SMILES string of the molecule is CN(CC(=O)Nc1nc2ccccc2s1)C1CCNCC1. The second-order valence-electron chi connectivity index (χ2n) is 5.43. The van der Waals surface area contributed by atoms with E-state index in [9.17, 15) is 4.79 Å². The van der Waals surface area contributed by atoms with Gasteiger partial charge in [-0.2, -0.15) is 0 Å². The van der Waals surface area contributed by atoms with Gasteiger partial charge in [-0.25, -0.2) is 4.98 Å². The molecule has 0 aliphatic carbocycles. The van der Waals surface area contributed by atoms with E-state index in [2.05, 4.69) is 20.5 Å². The van der Waals surface area contributed by atoms with Gasteiger partial charge < -0.3 is 10.6 Å². The lowest BCUT2D eigenvalue weighted by atomic mass is 10.1. The first kappa shape index (κ1) is 14.4. The maximum atomic E-state index is 12.1. The molecule has 1 aliphatic heterocycles. The molecule has 0 saturated carbocycles. The van der Waals surface area contributed by atoms with Gasteiger partial charge in [-0.15, -0.1) is 0 Å². The minimum Gasteiger partial charge on any atom is -0.317 e. The summed E-state index contributed by atoms with van der Waals surface area (Å²) < 4.78 is 1.10. The van der Waals surface area contributed by atoms with Crippen molar-refractivity contribution in [2.45, 2.75) is 18.9 Å². The summed E-state index contributed by atoms with van der Waals surface area (Å²) in [5.74, 6) is 0.00934. The quantitative estimate of drug-likeness (QED) is 0.906. The fourth-order valence-corrected chi connectivity index (χ4v) is 3.57. The van der Waals surface area contributed by atoms with Crippen LogP contribution < -0.4 is 10.6 Å². The Morgan fingerprint density at radius 2 is 2.19 bits per heavy atom. The summed E-state index contributed by atoms with van der Waals surface area (Å²) in [7, 11) is 2.02. The van der Waals surface area contributed by atoms with Crippen molar-refractivity contribution in [2.75, 3.05) is 32.0 Å². The standard InChI is InChI=1S/C15H20N4OS/c1-19(11-6-8-16-9-7-11)10-14(20)18-15-17-12-4-2-3-5-13(12)21-15/h2-5,11,16H,6-10H2,1H3,(H,17,18,20). The van der Waals surface area contributed by atoms with Crippen LogP contribution in [0.15, 0.2) is 24.3 Å². The molecule has 21 heavy (non-hydrogen) atoms. The molecular formula is C15H20N4OS. The summed E-state index contributed by atoms with van der Waals surface area (Å²) in [5.41, 5.74) is 0.935. The molecule has 1 amide bonds. The average Bonchev–Trinajstić information content (AvgIpc) is 2.90. The normalized spacial score (nSPS) is 16.5. The number of thiazole rings is 1. The van der Waals surface area contributed by atoms with Gasteiger partial charge in [0, 0.05) is 6.04 Å². The lowest BCUT2D eigenvalue weighted by Gasteiger charge is -2.30. The van der Waals surface area contributed by atoms with Crippen LogP contribution in [0.25, 0.3) is 10.2 Å². The van der Waals surface area contributed by atoms with Crippen molar-refractivity contribution in [1.82, 2.24) is 15.2 Å². The Hall–Kier alpha value is -1.50. The van der Waals surface area contributed by atoms with Gasteiger partial charge in [-0.05, 0) is 45.1 Å². The first-order valence-electron chi connectivity index (χ1n) is 7.29. The van der Waals surface area contributed by atoms with Crippen LogP contribution in [-0.4, -0.2) is 48.5 Å². The molecule has 0 spiro atoms. The highest BCUT2D eigenvalue weighted by atomic mass is 32.1. The van der Waals surface area contributed by atoms with Gasteiger partial charge in [-0.1, -0.05) is 23.5 Å². The zero-order valence-corrected chi connectivity index (χ0v) is 12.9. The van der Waals surface area contributed by atoms with E-state index in [0.29, 0.717) is 17.7 Å². The Kier molecular flexibility index (Phi) is 4.48. The number of nitrogens with one attached hydrogen (secondary N) is 2. The molecule has 2 aromatic rings. The van der Waals surface area contributed by atoms with Gasteiger partial charge in [0.25, 0.3) is 0 Å². The molecule has 0 bridgehead atoms. The van der Waals surface area contributed by atoms with Crippen LogP contribution >= 0.6 is 11.3 Å². The fourth-order valence-electron chi connectivity index (χ4n) is 2.69.